The van der Waals surface area contributed by atoms with Crippen LogP contribution in [-0.4, -0.2) is 18.0 Å². The molecule has 0 bridgehead atoms. The first kappa shape index (κ1) is 18.7. The topological polar surface area (TPSA) is 69.4 Å². The third-order valence-corrected chi connectivity index (χ3v) is 4.63. The van der Waals surface area contributed by atoms with E-state index >= 15 is 0 Å². The molecule has 1 amide bonds. The molecule has 2 rings (SSSR count). The van der Waals surface area contributed by atoms with Crippen molar-refractivity contribution >= 4 is 12.4 Å². The highest BCUT2D eigenvalue weighted by molar-refractivity contribution is 5.77. The minimum atomic E-state index is -0.743. The molecule has 0 saturated heterocycles. The Labute approximate surface area is 149 Å². The van der Waals surface area contributed by atoms with Gasteiger partial charge in [0.05, 0.1) is 0 Å². The van der Waals surface area contributed by atoms with Crippen molar-refractivity contribution in [2.45, 2.75) is 39.2 Å². The van der Waals surface area contributed by atoms with Crippen LogP contribution in [-0.2, 0) is 11.2 Å². The molecule has 4 nitrogen and oxygen atoms in total. The predicted molar refractivity (Wildman–Crippen MR) is 99.5 cm³/mol. The van der Waals surface area contributed by atoms with Gasteiger partial charge in [-0.25, -0.2) is 4.79 Å². The van der Waals surface area contributed by atoms with Crippen LogP contribution in [0.2, 0.25) is 0 Å². The first-order valence-electron chi connectivity index (χ1n) is 8.48. The lowest BCUT2D eigenvalue weighted by Gasteiger charge is -2.33. The lowest BCUT2D eigenvalue weighted by Crippen LogP contribution is -2.39. The lowest BCUT2D eigenvalue weighted by molar-refractivity contribution is -0.00272. The molecule has 25 heavy (non-hydrogen) atoms. The Balaban J connectivity index is 2.22. The standard InChI is InChI=1S/C21H25NO3/c1-4-19(21(2,3)25-20(22)24)13-16-6-5-7-18(12-16)17-10-8-15(14-23)9-11-17/h5-12,14,19H,4,13H2,1-3H3,(H2,22,24). The number of primary amides is 1. The Morgan fingerprint density at radius 2 is 1.84 bits per heavy atom. The number of hydrogen-bond acceptors (Lipinski definition) is 3. The number of aldehydes is 1. The smallest absolute Gasteiger partial charge is 0.405 e. The summed E-state index contributed by atoms with van der Waals surface area (Å²) in [5, 5.41) is 0. The quantitative estimate of drug-likeness (QED) is 0.749. The summed E-state index contributed by atoms with van der Waals surface area (Å²) >= 11 is 0. The van der Waals surface area contributed by atoms with E-state index in [4.69, 9.17) is 10.5 Å². The van der Waals surface area contributed by atoms with Gasteiger partial charge in [-0.2, -0.15) is 0 Å². The van der Waals surface area contributed by atoms with Gasteiger partial charge in [-0.3, -0.25) is 4.79 Å². The summed E-state index contributed by atoms with van der Waals surface area (Å²) in [6, 6.07) is 15.8. The van der Waals surface area contributed by atoms with Crippen LogP contribution in [0.25, 0.3) is 11.1 Å². The van der Waals surface area contributed by atoms with Crippen molar-refractivity contribution in [3.05, 3.63) is 59.7 Å². The number of ether oxygens (including phenoxy) is 1. The molecule has 0 aliphatic rings. The lowest BCUT2D eigenvalue weighted by atomic mass is 9.83. The Morgan fingerprint density at radius 3 is 2.40 bits per heavy atom. The number of hydrogen-bond donors (Lipinski definition) is 1. The molecule has 132 valence electrons. The van der Waals surface area contributed by atoms with Crippen molar-refractivity contribution < 1.29 is 14.3 Å². The van der Waals surface area contributed by atoms with Gasteiger partial charge in [0.2, 0.25) is 0 Å². The van der Waals surface area contributed by atoms with Crippen molar-refractivity contribution in [1.82, 2.24) is 0 Å². The third-order valence-electron chi connectivity index (χ3n) is 4.63. The highest BCUT2D eigenvalue weighted by Crippen LogP contribution is 2.29. The van der Waals surface area contributed by atoms with E-state index in [0.717, 1.165) is 30.3 Å². The molecule has 0 radical (unpaired) electrons. The van der Waals surface area contributed by atoms with Crippen LogP contribution < -0.4 is 5.73 Å². The van der Waals surface area contributed by atoms with Gasteiger partial charge in [-0.05, 0) is 43.4 Å². The summed E-state index contributed by atoms with van der Waals surface area (Å²) in [6.07, 6.45) is 1.76. The van der Waals surface area contributed by atoms with Crippen LogP contribution in [0.15, 0.2) is 48.5 Å². The molecular weight excluding hydrogens is 314 g/mol. The van der Waals surface area contributed by atoms with Crippen LogP contribution in [0, 0.1) is 5.92 Å². The molecule has 4 heteroatoms. The number of carbonyl (C=O) groups is 2. The Kier molecular flexibility index (Phi) is 5.97. The highest BCUT2D eigenvalue weighted by atomic mass is 16.6. The first-order valence-corrected chi connectivity index (χ1v) is 8.48. The molecule has 0 heterocycles. The van der Waals surface area contributed by atoms with E-state index in [0.29, 0.717) is 5.56 Å². The zero-order valence-electron chi connectivity index (χ0n) is 15.0. The van der Waals surface area contributed by atoms with Gasteiger partial charge in [-0.15, -0.1) is 0 Å². The fraction of sp³-hybridized carbons (Fsp3) is 0.333. The Hall–Kier alpha value is -2.62. The van der Waals surface area contributed by atoms with Gasteiger partial charge in [-0.1, -0.05) is 55.5 Å². The molecule has 1 unspecified atom stereocenters. The van der Waals surface area contributed by atoms with Crippen LogP contribution >= 0.6 is 0 Å². The van der Waals surface area contributed by atoms with E-state index in [1.807, 2.05) is 50.2 Å². The summed E-state index contributed by atoms with van der Waals surface area (Å²) < 4.78 is 5.31. The predicted octanol–water partition coefficient (Wildman–Crippen LogP) is 4.61. The van der Waals surface area contributed by atoms with Gasteiger partial charge in [0.25, 0.3) is 0 Å². The van der Waals surface area contributed by atoms with E-state index in [-0.39, 0.29) is 5.92 Å². The molecule has 2 aromatic carbocycles. The van der Waals surface area contributed by atoms with E-state index < -0.39 is 11.7 Å². The van der Waals surface area contributed by atoms with Crippen LogP contribution in [0.4, 0.5) is 4.79 Å². The average Bonchev–Trinajstić information content (AvgIpc) is 2.58. The van der Waals surface area contributed by atoms with Crippen LogP contribution in [0.5, 0.6) is 0 Å². The molecule has 0 aliphatic heterocycles. The Bertz CT molecular complexity index is 735. The Morgan fingerprint density at radius 1 is 1.16 bits per heavy atom. The molecule has 0 aromatic heterocycles. The van der Waals surface area contributed by atoms with Crippen molar-refractivity contribution in [2.75, 3.05) is 0 Å². The number of rotatable bonds is 7. The number of benzene rings is 2. The largest absolute Gasteiger partial charge is 0.443 e. The number of carbonyl (C=O) groups excluding carboxylic acids is 2. The zero-order chi connectivity index (χ0) is 18.4. The molecule has 0 spiro atoms. The second-order valence-corrected chi connectivity index (χ2v) is 6.77. The van der Waals surface area contributed by atoms with Crippen molar-refractivity contribution in [2.24, 2.45) is 11.7 Å². The maximum atomic E-state index is 11.2. The normalized spacial score (nSPS) is 12.4. The van der Waals surface area contributed by atoms with Crippen LogP contribution in [0.3, 0.4) is 0 Å². The molecule has 2 aromatic rings. The first-order chi connectivity index (χ1) is 11.9. The molecule has 0 saturated carbocycles. The SMILES string of the molecule is CCC(Cc1cccc(-c2ccc(C=O)cc2)c1)C(C)(C)OC(N)=O. The maximum Gasteiger partial charge on any atom is 0.405 e. The van der Waals surface area contributed by atoms with Gasteiger partial charge in [0.1, 0.15) is 11.9 Å². The van der Waals surface area contributed by atoms with Crippen molar-refractivity contribution in [3.63, 3.8) is 0 Å². The van der Waals surface area contributed by atoms with E-state index in [1.165, 1.54) is 5.56 Å². The fourth-order valence-corrected chi connectivity index (χ4v) is 3.14. The average molecular weight is 339 g/mol. The van der Waals surface area contributed by atoms with Crippen molar-refractivity contribution in [3.8, 4) is 11.1 Å². The zero-order valence-corrected chi connectivity index (χ0v) is 15.0. The molecule has 0 aliphatic carbocycles. The summed E-state index contributed by atoms with van der Waals surface area (Å²) in [5.74, 6) is 0.160. The minimum absolute atomic E-state index is 0.160. The summed E-state index contributed by atoms with van der Waals surface area (Å²) in [4.78, 5) is 21.9. The molecular formula is C21H25NO3. The molecule has 1 atom stereocenters. The third kappa shape index (κ3) is 4.92. The van der Waals surface area contributed by atoms with Gasteiger partial charge >= 0.3 is 6.09 Å². The summed E-state index contributed by atoms with van der Waals surface area (Å²) in [5.41, 5.74) is 8.57. The fourth-order valence-electron chi connectivity index (χ4n) is 3.14. The summed E-state index contributed by atoms with van der Waals surface area (Å²) in [7, 11) is 0. The van der Waals surface area contributed by atoms with E-state index in [2.05, 4.69) is 19.1 Å². The maximum absolute atomic E-state index is 11.2. The summed E-state index contributed by atoms with van der Waals surface area (Å²) in [6.45, 7) is 5.88. The molecule has 0 fully saturated rings. The number of amides is 1. The molecule has 2 N–H and O–H groups in total. The van der Waals surface area contributed by atoms with Crippen LogP contribution in [0.1, 0.15) is 43.1 Å². The monoisotopic (exact) mass is 339 g/mol. The minimum Gasteiger partial charge on any atom is -0.443 e. The van der Waals surface area contributed by atoms with Gasteiger partial charge in [0.15, 0.2) is 0 Å². The van der Waals surface area contributed by atoms with Crippen molar-refractivity contribution in [1.29, 1.82) is 0 Å². The highest BCUT2D eigenvalue weighted by Gasteiger charge is 2.31. The van der Waals surface area contributed by atoms with Gasteiger partial charge < -0.3 is 10.5 Å². The van der Waals surface area contributed by atoms with E-state index in [9.17, 15) is 9.59 Å². The van der Waals surface area contributed by atoms with Gasteiger partial charge in [0, 0.05) is 11.5 Å². The number of nitrogens with two attached hydrogens (primary N) is 1. The van der Waals surface area contributed by atoms with E-state index in [1.54, 1.807) is 0 Å². The second kappa shape index (κ2) is 7.97. The second-order valence-electron chi connectivity index (χ2n) is 6.77.